The van der Waals surface area contributed by atoms with E-state index < -0.39 is 0 Å². The number of piperidine rings is 1. The molecule has 0 aliphatic carbocycles. The van der Waals surface area contributed by atoms with Gasteiger partial charge < -0.3 is 15.0 Å². The molecule has 3 heteroatoms. The van der Waals surface area contributed by atoms with E-state index in [0.29, 0.717) is 11.5 Å². The van der Waals surface area contributed by atoms with E-state index in [1.165, 1.54) is 51.7 Å². The lowest BCUT2D eigenvalue weighted by Gasteiger charge is -2.44. The molecule has 0 aromatic heterocycles. The Bertz CT molecular complexity index is 274. The summed E-state index contributed by atoms with van der Waals surface area (Å²) >= 11 is 0. The van der Waals surface area contributed by atoms with Crippen LogP contribution in [0.1, 0.15) is 52.9 Å². The van der Waals surface area contributed by atoms with Crippen LogP contribution in [0.25, 0.3) is 0 Å². The molecular weight excluding hydrogens is 248 g/mol. The van der Waals surface area contributed by atoms with Crippen LogP contribution < -0.4 is 5.32 Å². The van der Waals surface area contributed by atoms with Crippen molar-refractivity contribution in [2.75, 3.05) is 39.4 Å². The van der Waals surface area contributed by atoms with Crippen LogP contribution in [0.4, 0.5) is 0 Å². The molecular formula is C17H34N2O. The van der Waals surface area contributed by atoms with Gasteiger partial charge in [-0.1, -0.05) is 27.2 Å². The van der Waals surface area contributed by atoms with Crippen LogP contribution >= 0.6 is 0 Å². The van der Waals surface area contributed by atoms with Crippen LogP contribution in [0.5, 0.6) is 0 Å². The van der Waals surface area contributed by atoms with Gasteiger partial charge in [0, 0.05) is 38.9 Å². The summed E-state index contributed by atoms with van der Waals surface area (Å²) in [6, 6.07) is 0.583. The average molecular weight is 282 g/mol. The molecule has 1 N–H and O–H groups in total. The first-order valence-corrected chi connectivity index (χ1v) is 8.67. The van der Waals surface area contributed by atoms with Crippen molar-refractivity contribution in [2.45, 2.75) is 58.9 Å². The SMILES string of the molecule is CCC1CCCN(CC2(CNC(C)C)CCOCC2)C1. The maximum Gasteiger partial charge on any atom is 0.0472 e. The number of hydrogen-bond acceptors (Lipinski definition) is 3. The molecule has 3 nitrogen and oxygen atoms in total. The number of ether oxygens (including phenoxy) is 1. The zero-order chi connectivity index (χ0) is 14.4. The number of nitrogens with one attached hydrogen (secondary N) is 1. The Kier molecular flexibility index (Phi) is 6.31. The molecule has 2 fully saturated rings. The summed E-state index contributed by atoms with van der Waals surface area (Å²) < 4.78 is 5.62. The van der Waals surface area contributed by atoms with E-state index in [4.69, 9.17) is 4.74 Å². The minimum atomic E-state index is 0.443. The third kappa shape index (κ3) is 4.71. The maximum atomic E-state index is 5.62. The van der Waals surface area contributed by atoms with Crippen molar-refractivity contribution < 1.29 is 4.74 Å². The summed E-state index contributed by atoms with van der Waals surface area (Å²) in [4.78, 5) is 2.74. The van der Waals surface area contributed by atoms with Gasteiger partial charge >= 0.3 is 0 Å². The minimum Gasteiger partial charge on any atom is -0.381 e. The van der Waals surface area contributed by atoms with Gasteiger partial charge in [-0.3, -0.25) is 0 Å². The predicted octanol–water partition coefficient (Wildman–Crippen LogP) is 2.90. The van der Waals surface area contributed by atoms with E-state index in [1.807, 2.05) is 0 Å². The fourth-order valence-electron chi connectivity index (χ4n) is 3.72. The molecule has 20 heavy (non-hydrogen) atoms. The van der Waals surface area contributed by atoms with Crippen molar-refractivity contribution in [3.63, 3.8) is 0 Å². The topological polar surface area (TPSA) is 24.5 Å². The van der Waals surface area contributed by atoms with Crippen LogP contribution in [0.3, 0.4) is 0 Å². The Labute approximate surface area is 125 Å². The van der Waals surface area contributed by atoms with E-state index in [9.17, 15) is 0 Å². The lowest BCUT2D eigenvalue weighted by atomic mass is 9.78. The van der Waals surface area contributed by atoms with Crippen LogP contribution in [0.2, 0.25) is 0 Å². The fourth-order valence-corrected chi connectivity index (χ4v) is 3.72. The van der Waals surface area contributed by atoms with Crippen molar-refractivity contribution in [2.24, 2.45) is 11.3 Å². The lowest BCUT2D eigenvalue weighted by Crippen LogP contribution is -2.50. The van der Waals surface area contributed by atoms with Gasteiger partial charge in [0.2, 0.25) is 0 Å². The molecule has 2 heterocycles. The van der Waals surface area contributed by atoms with Gasteiger partial charge in [0.05, 0.1) is 0 Å². The zero-order valence-corrected chi connectivity index (χ0v) is 13.8. The largest absolute Gasteiger partial charge is 0.381 e. The molecule has 0 amide bonds. The first-order chi connectivity index (χ1) is 9.63. The molecule has 1 unspecified atom stereocenters. The van der Waals surface area contributed by atoms with Crippen molar-refractivity contribution in [3.8, 4) is 0 Å². The Morgan fingerprint density at radius 1 is 1.30 bits per heavy atom. The van der Waals surface area contributed by atoms with Gasteiger partial charge in [-0.25, -0.2) is 0 Å². The number of rotatable bonds is 6. The average Bonchev–Trinajstić information content (AvgIpc) is 2.46. The fraction of sp³-hybridized carbons (Fsp3) is 1.00. The first kappa shape index (κ1) is 16.3. The Hall–Kier alpha value is -0.120. The zero-order valence-electron chi connectivity index (χ0n) is 13.8. The van der Waals surface area contributed by atoms with Gasteiger partial charge in [-0.15, -0.1) is 0 Å². The Morgan fingerprint density at radius 3 is 2.70 bits per heavy atom. The minimum absolute atomic E-state index is 0.443. The van der Waals surface area contributed by atoms with Crippen LogP contribution in [-0.2, 0) is 4.74 Å². The smallest absolute Gasteiger partial charge is 0.0472 e. The summed E-state index contributed by atoms with van der Waals surface area (Å²) in [7, 11) is 0. The van der Waals surface area contributed by atoms with Gasteiger partial charge in [0.25, 0.3) is 0 Å². The Balaban J connectivity index is 1.92. The molecule has 0 bridgehead atoms. The molecule has 2 aliphatic heterocycles. The second-order valence-corrected chi connectivity index (χ2v) is 7.30. The van der Waals surface area contributed by atoms with Gasteiger partial charge in [-0.2, -0.15) is 0 Å². The monoisotopic (exact) mass is 282 g/mol. The van der Waals surface area contributed by atoms with E-state index in [-0.39, 0.29) is 0 Å². The molecule has 0 radical (unpaired) electrons. The quantitative estimate of drug-likeness (QED) is 0.811. The van der Waals surface area contributed by atoms with Gasteiger partial charge in [0.1, 0.15) is 0 Å². The van der Waals surface area contributed by atoms with E-state index in [0.717, 1.165) is 25.7 Å². The number of hydrogen-bond donors (Lipinski definition) is 1. The van der Waals surface area contributed by atoms with E-state index in [1.54, 1.807) is 0 Å². The van der Waals surface area contributed by atoms with Gasteiger partial charge in [0.15, 0.2) is 0 Å². The molecule has 118 valence electrons. The highest BCUT2D eigenvalue weighted by Gasteiger charge is 2.35. The van der Waals surface area contributed by atoms with E-state index in [2.05, 4.69) is 31.0 Å². The highest BCUT2D eigenvalue weighted by atomic mass is 16.5. The van der Waals surface area contributed by atoms with Crippen molar-refractivity contribution in [3.05, 3.63) is 0 Å². The second-order valence-electron chi connectivity index (χ2n) is 7.30. The highest BCUT2D eigenvalue weighted by molar-refractivity contribution is 4.89. The predicted molar refractivity (Wildman–Crippen MR) is 85.1 cm³/mol. The van der Waals surface area contributed by atoms with E-state index >= 15 is 0 Å². The van der Waals surface area contributed by atoms with Crippen LogP contribution in [0, 0.1) is 11.3 Å². The molecule has 0 saturated carbocycles. The molecule has 0 aromatic carbocycles. The second kappa shape index (κ2) is 7.77. The molecule has 0 spiro atoms. The normalized spacial score (nSPS) is 27.9. The lowest BCUT2D eigenvalue weighted by molar-refractivity contribution is -0.0120. The molecule has 2 aliphatic rings. The van der Waals surface area contributed by atoms with Crippen molar-refractivity contribution in [1.82, 2.24) is 10.2 Å². The Morgan fingerprint density at radius 2 is 2.05 bits per heavy atom. The summed E-state index contributed by atoms with van der Waals surface area (Å²) in [5, 5.41) is 3.69. The van der Waals surface area contributed by atoms with Crippen LogP contribution in [0.15, 0.2) is 0 Å². The number of nitrogens with zero attached hydrogens (tertiary/aromatic N) is 1. The number of likely N-dealkylation sites (tertiary alicyclic amines) is 1. The standard InChI is InChI=1S/C17H34N2O/c1-4-16-6-5-9-19(12-16)14-17(13-18-15(2)3)7-10-20-11-8-17/h15-16,18H,4-14H2,1-3H3. The first-order valence-electron chi connectivity index (χ1n) is 8.67. The molecule has 0 aromatic rings. The third-order valence-corrected chi connectivity index (χ3v) is 5.18. The van der Waals surface area contributed by atoms with Crippen molar-refractivity contribution >= 4 is 0 Å². The van der Waals surface area contributed by atoms with Crippen LogP contribution in [-0.4, -0.2) is 50.3 Å². The maximum absolute atomic E-state index is 5.62. The summed E-state index contributed by atoms with van der Waals surface area (Å²) in [6.07, 6.45) is 6.62. The molecule has 1 atom stereocenters. The molecule has 2 rings (SSSR count). The molecule has 2 saturated heterocycles. The summed E-state index contributed by atoms with van der Waals surface area (Å²) in [6.45, 7) is 13.8. The van der Waals surface area contributed by atoms with Crippen molar-refractivity contribution in [1.29, 1.82) is 0 Å². The third-order valence-electron chi connectivity index (χ3n) is 5.18. The highest BCUT2D eigenvalue weighted by Crippen LogP contribution is 2.33. The summed E-state index contributed by atoms with van der Waals surface area (Å²) in [5.74, 6) is 0.929. The van der Waals surface area contributed by atoms with Gasteiger partial charge in [-0.05, 0) is 43.6 Å². The summed E-state index contributed by atoms with van der Waals surface area (Å²) in [5.41, 5.74) is 0.443.